The van der Waals surface area contributed by atoms with Crippen molar-refractivity contribution in [3.05, 3.63) is 76.8 Å². The maximum absolute atomic E-state index is 12.7. The fourth-order valence-electron chi connectivity index (χ4n) is 3.79. The summed E-state index contributed by atoms with van der Waals surface area (Å²) in [6.45, 7) is 3.33. The molecule has 1 amide bonds. The molecule has 2 heterocycles. The second-order valence-electron chi connectivity index (χ2n) is 7.58. The number of hydrogen-bond acceptors (Lipinski definition) is 4. The van der Waals surface area contributed by atoms with Gasteiger partial charge in [-0.05, 0) is 25.8 Å². The Bertz CT molecular complexity index is 1000. The van der Waals surface area contributed by atoms with Gasteiger partial charge in [0.2, 0.25) is 5.91 Å². The number of carbonyl (C=O) groups is 2. The Morgan fingerprint density at radius 2 is 1.83 bits per heavy atom. The minimum atomic E-state index is 0.00801. The molecule has 4 rings (SSSR count). The highest BCUT2D eigenvalue weighted by molar-refractivity contribution is 7.13. The van der Waals surface area contributed by atoms with Crippen LogP contribution in [0.2, 0.25) is 0 Å². The van der Waals surface area contributed by atoms with Crippen LogP contribution < -0.4 is 0 Å². The van der Waals surface area contributed by atoms with Crippen molar-refractivity contribution in [2.45, 2.75) is 26.2 Å². The van der Waals surface area contributed by atoms with Gasteiger partial charge in [-0.15, -0.1) is 11.3 Å². The van der Waals surface area contributed by atoms with Crippen LogP contribution in [0, 0.1) is 12.8 Å². The van der Waals surface area contributed by atoms with Crippen LogP contribution in [0.4, 0.5) is 0 Å². The molecule has 0 unspecified atom stereocenters. The molecule has 0 bridgehead atoms. The number of rotatable bonds is 5. The van der Waals surface area contributed by atoms with Gasteiger partial charge in [0, 0.05) is 35.5 Å². The Morgan fingerprint density at radius 3 is 2.55 bits per heavy atom. The number of likely N-dealkylation sites (tertiary alicyclic amines) is 1. The molecule has 0 spiro atoms. The van der Waals surface area contributed by atoms with Crippen molar-refractivity contribution < 1.29 is 9.59 Å². The SMILES string of the molecule is Cc1cccc(-c2nc(CC(=O)N3CCC(C(=O)c4ccccc4)CC3)cs2)c1. The van der Waals surface area contributed by atoms with Gasteiger partial charge in [0.1, 0.15) is 5.01 Å². The van der Waals surface area contributed by atoms with Gasteiger partial charge >= 0.3 is 0 Å². The second kappa shape index (κ2) is 8.70. The van der Waals surface area contributed by atoms with E-state index in [1.807, 2.05) is 52.7 Å². The molecule has 0 atom stereocenters. The summed E-state index contributed by atoms with van der Waals surface area (Å²) in [6.07, 6.45) is 1.77. The molecule has 0 saturated carbocycles. The van der Waals surface area contributed by atoms with Crippen LogP contribution in [-0.4, -0.2) is 34.7 Å². The summed E-state index contributed by atoms with van der Waals surface area (Å²) < 4.78 is 0. The number of hydrogen-bond donors (Lipinski definition) is 0. The quantitative estimate of drug-likeness (QED) is 0.575. The van der Waals surface area contributed by atoms with E-state index in [2.05, 4.69) is 24.0 Å². The molecule has 5 heteroatoms. The molecular formula is C24H24N2O2S. The molecule has 0 radical (unpaired) electrons. The lowest BCUT2D eigenvalue weighted by Gasteiger charge is -2.31. The van der Waals surface area contributed by atoms with Crippen molar-refractivity contribution in [1.29, 1.82) is 0 Å². The predicted octanol–water partition coefficient (Wildman–Crippen LogP) is 4.78. The maximum atomic E-state index is 12.7. The summed E-state index contributed by atoms with van der Waals surface area (Å²) in [5.74, 6) is 0.297. The zero-order valence-electron chi connectivity index (χ0n) is 16.5. The highest BCUT2D eigenvalue weighted by Crippen LogP contribution is 2.26. The third-order valence-corrected chi connectivity index (χ3v) is 6.37. The van der Waals surface area contributed by atoms with Crippen LogP contribution in [0.1, 0.15) is 34.5 Å². The van der Waals surface area contributed by atoms with Gasteiger partial charge in [-0.25, -0.2) is 4.98 Å². The first kappa shape index (κ1) is 19.5. The lowest BCUT2D eigenvalue weighted by molar-refractivity contribution is -0.131. The van der Waals surface area contributed by atoms with E-state index < -0.39 is 0 Å². The Balaban J connectivity index is 1.33. The molecule has 3 aromatic rings. The molecule has 148 valence electrons. The summed E-state index contributed by atoms with van der Waals surface area (Å²) >= 11 is 1.58. The standard InChI is InChI=1S/C24H24N2O2S/c1-17-6-5-9-20(14-17)24-25-21(16-29-24)15-22(27)26-12-10-19(11-13-26)23(28)18-7-3-2-4-8-18/h2-9,14,16,19H,10-13,15H2,1H3. The summed E-state index contributed by atoms with van der Waals surface area (Å²) in [6, 6.07) is 17.7. The molecule has 0 N–H and O–H groups in total. The number of aromatic nitrogens is 1. The number of amides is 1. The zero-order chi connectivity index (χ0) is 20.2. The van der Waals surface area contributed by atoms with Crippen LogP contribution in [0.3, 0.4) is 0 Å². The molecule has 1 fully saturated rings. The Labute approximate surface area is 175 Å². The van der Waals surface area contributed by atoms with E-state index in [1.165, 1.54) is 5.56 Å². The fraction of sp³-hybridized carbons (Fsp3) is 0.292. The van der Waals surface area contributed by atoms with Gasteiger partial charge in [0.05, 0.1) is 12.1 Å². The minimum Gasteiger partial charge on any atom is -0.342 e. The van der Waals surface area contributed by atoms with Crippen molar-refractivity contribution in [2.75, 3.05) is 13.1 Å². The van der Waals surface area contributed by atoms with Crippen LogP contribution >= 0.6 is 11.3 Å². The molecule has 4 nitrogen and oxygen atoms in total. The van der Waals surface area contributed by atoms with Gasteiger partial charge in [-0.3, -0.25) is 9.59 Å². The van der Waals surface area contributed by atoms with E-state index in [-0.39, 0.29) is 17.6 Å². The van der Waals surface area contributed by atoms with E-state index in [9.17, 15) is 9.59 Å². The number of aryl methyl sites for hydroxylation is 1. The Kier molecular flexibility index (Phi) is 5.86. The maximum Gasteiger partial charge on any atom is 0.228 e. The van der Waals surface area contributed by atoms with Crippen LogP contribution in [0.5, 0.6) is 0 Å². The van der Waals surface area contributed by atoms with E-state index in [4.69, 9.17) is 0 Å². The van der Waals surface area contributed by atoms with Gasteiger partial charge < -0.3 is 4.90 Å². The average Bonchev–Trinajstić information content (AvgIpc) is 3.22. The van der Waals surface area contributed by atoms with Gasteiger partial charge in [0.15, 0.2) is 5.78 Å². The summed E-state index contributed by atoms with van der Waals surface area (Å²) in [7, 11) is 0. The molecule has 0 aliphatic carbocycles. The Morgan fingerprint density at radius 1 is 1.07 bits per heavy atom. The number of nitrogens with zero attached hydrogens (tertiary/aromatic N) is 2. The summed E-state index contributed by atoms with van der Waals surface area (Å²) in [5, 5.41) is 2.92. The van der Waals surface area contributed by atoms with E-state index in [0.717, 1.165) is 34.7 Å². The predicted molar refractivity (Wildman–Crippen MR) is 116 cm³/mol. The molecule has 1 aliphatic heterocycles. The van der Waals surface area contributed by atoms with Crippen molar-refractivity contribution in [3.8, 4) is 10.6 Å². The van der Waals surface area contributed by atoms with Gasteiger partial charge in [0.25, 0.3) is 0 Å². The summed E-state index contributed by atoms with van der Waals surface area (Å²) in [5.41, 5.74) is 3.87. The first-order valence-corrected chi connectivity index (χ1v) is 10.9. The minimum absolute atomic E-state index is 0.00801. The molecule has 2 aromatic carbocycles. The normalized spacial score (nSPS) is 14.7. The van der Waals surface area contributed by atoms with Crippen molar-refractivity contribution in [2.24, 2.45) is 5.92 Å². The number of Topliss-reactive ketones (excluding diaryl/α,β-unsaturated/α-hetero) is 1. The van der Waals surface area contributed by atoms with Gasteiger partial charge in [-0.1, -0.05) is 54.1 Å². The van der Waals surface area contributed by atoms with Gasteiger partial charge in [-0.2, -0.15) is 0 Å². The van der Waals surface area contributed by atoms with E-state index >= 15 is 0 Å². The first-order valence-electron chi connectivity index (χ1n) is 9.98. The second-order valence-corrected chi connectivity index (χ2v) is 8.43. The molecular weight excluding hydrogens is 380 g/mol. The van der Waals surface area contributed by atoms with Crippen LogP contribution in [0.25, 0.3) is 10.6 Å². The molecule has 1 aliphatic rings. The number of ketones is 1. The Hall–Kier alpha value is -2.79. The number of piperidine rings is 1. The third-order valence-electron chi connectivity index (χ3n) is 5.43. The number of thiazole rings is 1. The first-order chi connectivity index (χ1) is 14.1. The summed E-state index contributed by atoms with van der Waals surface area (Å²) in [4.78, 5) is 31.9. The van der Waals surface area contributed by atoms with Crippen molar-refractivity contribution in [3.63, 3.8) is 0 Å². The molecule has 29 heavy (non-hydrogen) atoms. The third kappa shape index (κ3) is 4.62. The van der Waals surface area contributed by atoms with Crippen molar-refractivity contribution in [1.82, 2.24) is 9.88 Å². The van der Waals surface area contributed by atoms with Crippen molar-refractivity contribution >= 4 is 23.0 Å². The smallest absolute Gasteiger partial charge is 0.228 e. The fourth-order valence-corrected chi connectivity index (χ4v) is 4.61. The zero-order valence-corrected chi connectivity index (χ0v) is 17.3. The largest absolute Gasteiger partial charge is 0.342 e. The number of benzene rings is 2. The molecule has 1 aromatic heterocycles. The number of carbonyl (C=O) groups excluding carboxylic acids is 2. The monoisotopic (exact) mass is 404 g/mol. The van der Waals surface area contributed by atoms with Crippen LogP contribution in [0.15, 0.2) is 60.0 Å². The molecule has 1 saturated heterocycles. The van der Waals surface area contributed by atoms with E-state index in [1.54, 1.807) is 11.3 Å². The lowest BCUT2D eigenvalue weighted by Crippen LogP contribution is -2.41. The topological polar surface area (TPSA) is 50.3 Å². The highest BCUT2D eigenvalue weighted by atomic mass is 32.1. The van der Waals surface area contributed by atoms with E-state index in [0.29, 0.717) is 19.5 Å². The lowest BCUT2D eigenvalue weighted by atomic mass is 9.89. The highest BCUT2D eigenvalue weighted by Gasteiger charge is 2.28. The van der Waals surface area contributed by atoms with Crippen LogP contribution in [-0.2, 0) is 11.2 Å². The average molecular weight is 405 g/mol.